The zero-order valence-corrected chi connectivity index (χ0v) is 11.4. The molecular formula is C13H15BrF3N. The minimum atomic E-state index is -4.27. The summed E-state index contributed by atoms with van der Waals surface area (Å²) in [6, 6.07) is 6.43. The fraction of sp³-hybridized carbons (Fsp3) is 0.538. The highest BCUT2D eigenvalue weighted by atomic mass is 79.9. The zero-order chi connectivity index (χ0) is 13.2. The Balaban J connectivity index is 2.44. The van der Waals surface area contributed by atoms with Crippen LogP contribution in [-0.2, 0) is 5.54 Å². The van der Waals surface area contributed by atoms with Gasteiger partial charge in [0, 0.05) is 4.47 Å². The summed E-state index contributed by atoms with van der Waals surface area (Å²) in [7, 11) is 0. The summed E-state index contributed by atoms with van der Waals surface area (Å²) in [6.45, 7) is 0.412. The molecule has 0 aromatic heterocycles. The van der Waals surface area contributed by atoms with E-state index >= 15 is 0 Å². The van der Waals surface area contributed by atoms with E-state index in [1.54, 1.807) is 24.3 Å². The SMILES string of the molecule is FC(F)(F)C1(c2ccc(Br)cc2)CCCCCN1. The van der Waals surface area contributed by atoms with Crippen molar-refractivity contribution in [2.75, 3.05) is 6.54 Å². The number of rotatable bonds is 1. The van der Waals surface area contributed by atoms with Gasteiger partial charge >= 0.3 is 6.18 Å². The Bertz CT molecular complexity index is 392. The zero-order valence-electron chi connectivity index (χ0n) is 9.86. The topological polar surface area (TPSA) is 12.0 Å². The van der Waals surface area contributed by atoms with Crippen molar-refractivity contribution >= 4 is 15.9 Å². The predicted molar refractivity (Wildman–Crippen MR) is 68.3 cm³/mol. The molecule has 0 bridgehead atoms. The molecule has 1 heterocycles. The molecule has 0 spiro atoms. The summed E-state index contributed by atoms with van der Waals surface area (Å²) >= 11 is 3.25. The second-order valence-corrected chi connectivity index (χ2v) is 5.56. The highest BCUT2D eigenvalue weighted by molar-refractivity contribution is 9.10. The molecule has 2 rings (SSSR count). The normalized spacial score (nSPS) is 25.8. The van der Waals surface area contributed by atoms with E-state index in [1.807, 2.05) is 0 Å². The Morgan fingerprint density at radius 3 is 2.33 bits per heavy atom. The van der Waals surface area contributed by atoms with Crippen molar-refractivity contribution in [2.24, 2.45) is 0 Å². The first-order chi connectivity index (χ1) is 8.46. The van der Waals surface area contributed by atoms with Gasteiger partial charge in [0.2, 0.25) is 0 Å². The molecule has 1 aliphatic heterocycles. The summed E-state index contributed by atoms with van der Waals surface area (Å²) in [5.74, 6) is 0. The monoisotopic (exact) mass is 321 g/mol. The third kappa shape index (κ3) is 2.57. The third-order valence-corrected chi connectivity index (χ3v) is 4.00. The molecule has 1 N–H and O–H groups in total. The quantitative estimate of drug-likeness (QED) is 0.809. The van der Waals surface area contributed by atoms with Gasteiger partial charge in [-0.2, -0.15) is 13.2 Å². The van der Waals surface area contributed by atoms with E-state index in [9.17, 15) is 13.2 Å². The van der Waals surface area contributed by atoms with Crippen LogP contribution < -0.4 is 5.32 Å². The van der Waals surface area contributed by atoms with Gasteiger partial charge in [-0.25, -0.2) is 0 Å². The van der Waals surface area contributed by atoms with Gasteiger partial charge in [0.25, 0.3) is 0 Å². The maximum atomic E-state index is 13.5. The van der Waals surface area contributed by atoms with Crippen LogP contribution in [0.3, 0.4) is 0 Å². The van der Waals surface area contributed by atoms with Gasteiger partial charge in [-0.15, -0.1) is 0 Å². The van der Waals surface area contributed by atoms with E-state index in [-0.39, 0.29) is 6.42 Å². The van der Waals surface area contributed by atoms with Crippen molar-refractivity contribution in [3.63, 3.8) is 0 Å². The average Bonchev–Trinajstić information content (AvgIpc) is 2.55. The minimum Gasteiger partial charge on any atom is -0.300 e. The molecule has 0 radical (unpaired) electrons. The molecular weight excluding hydrogens is 307 g/mol. The first-order valence-corrected chi connectivity index (χ1v) is 6.83. The maximum Gasteiger partial charge on any atom is 0.410 e. The maximum absolute atomic E-state index is 13.5. The fourth-order valence-electron chi connectivity index (χ4n) is 2.47. The molecule has 1 atom stereocenters. The van der Waals surface area contributed by atoms with Gasteiger partial charge in [0.05, 0.1) is 0 Å². The Labute approximate surface area is 113 Å². The van der Waals surface area contributed by atoms with Gasteiger partial charge in [-0.05, 0) is 37.1 Å². The van der Waals surface area contributed by atoms with E-state index in [0.29, 0.717) is 18.5 Å². The lowest BCUT2D eigenvalue weighted by Gasteiger charge is -2.36. The van der Waals surface area contributed by atoms with Crippen LogP contribution in [0.4, 0.5) is 13.2 Å². The van der Waals surface area contributed by atoms with Crippen LogP contribution in [-0.4, -0.2) is 12.7 Å². The van der Waals surface area contributed by atoms with Crippen molar-refractivity contribution < 1.29 is 13.2 Å². The number of hydrogen-bond donors (Lipinski definition) is 1. The number of nitrogens with one attached hydrogen (secondary N) is 1. The van der Waals surface area contributed by atoms with Crippen LogP contribution in [0.5, 0.6) is 0 Å². The van der Waals surface area contributed by atoms with Gasteiger partial charge in [-0.3, -0.25) is 5.32 Å². The van der Waals surface area contributed by atoms with Gasteiger partial charge < -0.3 is 0 Å². The molecule has 1 saturated heterocycles. The molecule has 1 nitrogen and oxygen atoms in total. The second kappa shape index (κ2) is 5.21. The van der Waals surface area contributed by atoms with Crippen LogP contribution in [0.15, 0.2) is 28.7 Å². The van der Waals surface area contributed by atoms with E-state index in [2.05, 4.69) is 21.2 Å². The molecule has 1 aromatic carbocycles. The molecule has 0 amide bonds. The predicted octanol–water partition coefficient (Wildman–Crippen LogP) is 4.37. The highest BCUT2D eigenvalue weighted by Crippen LogP contribution is 2.44. The lowest BCUT2D eigenvalue weighted by molar-refractivity contribution is -0.202. The first-order valence-electron chi connectivity index (χ1n) is 6.03. The van der Waals surface area contributed by atoms with E-state index < -0.39 is 11.7 Å². The highest BCUT2D eigenvalue weighted by Gasteiger charge is 2.55. The van der Waals surface area contributed by atoms with Gasteiger partial charge in [0.1, 0.15) is 5.54 Å². The molecule has 0 aliphatic carbocycles. The van der Waals surface area contributed by atoms with E-state index in [1.165, 1.54) is 0 Å². The molecule has 5 heteroatoms. The van der Waals surface area contributed by atoms with Crippen molar-refractivity contribution in [1.82, 2.24) is 5.32 Å². The number of halogens is 4. The summed E-state index contributed by atoms with van der Waals surface area (Å²) < 4.78 is 41.3. The number of benzene rings is 1. The van der Waals surface area contributed by atoms with Crippen LogP contribution >= 0.6 is 15.9 Å². The molecule has 1 unspecified atom stereocenters. The van der Waals surface area contributed by atoms with Crippen molar-refractivity contribution in [2.45, 2.75) is 37.4 Å². The van der Waals surface area contributed by atoms with Crippen LogP contribution in [0.25, 0.3) is 0 Å². The van der Waals surface area contributed by atoms with Crippen LogP contribution in [0, 0.1) is 0 Å². The van der Waals surface area contributed by atoms with Crippen molar-refractivity contribution in [3.8, 4) is 0 Å². The summed E-state index contributed by atoms with van der Waals surface area (Å²) in [6.07, 6.45) is -1.92. The lowest BCUT2D eigenvalue weighted by Crippen LogP contribution is -2.53. The molecule has 1 aromatic rings. The Hall–Kier alpha value is -0.550. The Kier molecular flexibility index (Phi) is 4.02. The Morgan fingerprint density at radius 2 is 1.72 bits per heavy atom. The average molecular weight is 322 g/mol. The molecule has 100 valence electrons. The van der Waals surface area contributed by atoms with Crippen LogP contribution in [0.1, 0.15) is 31.2 Å². The standard InChI is InChI=1S/C13H15BrF3N/c14-11-6-4-10(5-7-11)12(13(15,16)17)8-2-1-3-9-18-12/h4-7,18H,1-3,8-9H2. The molecule has 0 saturated carbocycles. The van der Waals surface area contributed by atoms with Crippen molar-refractivity contribution in [1.29, 1.82) is 0 Å². The molecule has 18 heavy (non-hydrogen) atoms. The van der Waals surface area contributed by atoms with Gasteiger partial charge in [-0.1, -0.05) is 40.9 Å². The summed E-state index contributed by atoms with van der Waals surface area (Å²) in [5, 5.41) is 2.73. The Morgan fingerprint density at radius 1 is 1.06 bits per heavy atom. The van der Waals surface area contributed by atoms with Gasteiger partial charge in [0.15, 0.2) is 0 Å². The summed E-state index contributed by atoms with van der Waals surface area (Å²) in [4.78, 5) is 0. The second-order valence-electron chi connectivity index (χ2n) is 4.65. The first kappa shape index (κ1) is 13.9. The fourth-order valence-corrected chi connectivity index (χ4v) is 2.73. The number of hydrogen-bond acceptors (Lipinski definition) is 1. The van der Waals surface area contributed by atoms with Crippen LogP contribution in [0.2, 0.25) is 0 Å². The number of alkyl halides is 3. The van der Waals surface area contributed by atoms with E-state index in [4.69, 9.17) is 0 Å². The van der Waals surface area contributed by atoms with E-state index in [0.717, 1.165) is 17.3 Å². The lowest BCUT2D eigenvalue weighted by atomic mass is 9.85. The smallest absolute Gasteiger partial charge is 0.300 e. The molecule has 1 aliphatic rings. The third-order valence-electron chi connectivity index (χ3n) is 3.48. The minimum absolute atomic E-state index is 0.109. The summed E-state index contributed by atoms with van der Waals surface area (Å²) in [5.41, 5.74) is -1.58. The van der Waals surface area contributed by atoms with Crippen molar-refractivity contribution in [3.05, 3.63) is 34.3 Å². The molecule has 1 fully saturated rings. The largest absolute Gasteiger partial charge is 0.410 e.